The molecule has 0 bridgehead atoms. The quantitative estimate of drug-likeness (QED) is 0.338. The Balaban J connectivity index is 1.57. The van der Waals surface area contributed by atoms with Gasteiger partial charge in [0.05, 0.1) is 22.9 Å². The number of amides is 2. The summed E-state index contributed by atoms with van der Waals surface area (Å²) in [5.41, 5.74) is -1.14. The van der Waals surface area contributed by atoms with Crippen molar-refractivity contribution in [1.82, 2.24) is 4.90 Å². The summed E-state index contributed by atoms with van der Waals surface area (Å²) in [6.45, 7) is -0.775. The molecule has 2 fully saturated rings. The maximum Gasteiger partial charge on any atom is 0.390 e. The summed E-state index contributed by atoms with van der Waals surface area (Å²) < 4.78 is 56.9. The number of hydrogen-bond acceptors (Lipinski definition) is 4. The van der Waals surface area contributed by atoms with Crippen LogP contribution in [0.25, 0.3) is 0 Å². The predicted molar refractivity (Wildman–Crippen MR) is 146 cm³/mol. The highest BCUT2D eigenvalue weighted by Gasteiger charge is 2.71. The lowest BCUT2D eigenvalue weighted by Crippen LogP contribution is -2.54. The number of anilines is 2. The third-order valence-electron chi connectivity index (χ3n) is 8.36. The van der Waals surface area contributed by atoms with Gasteiger partial charge in [0.15, 0.2) is 0 Å². The van der Waals surface area contributed by atoms with Crippen molar-refractivity contribution < 1.29 is 37.1 Å². The van der Waals surface area contributed by atoms with Gasteiger partial charge in [0.25, 0.3) is 0 Å². The Morgan fingerprint density at radius 1 is 1.07 bits per heavy atom. The fourth-order valence-corrected chi connectivity index (χ4v) is 7.12. The summed E-state index contributed by atoms with van der Waals surface area (Å²) in [5.74, 6) is -5.73. The van der Waals surface area contributed by atoms with Crippen LogP contribution in [-0.2, 0) is 15.1 Å². The van der Waals surface area contributed by atoms with Gasteiger partial charge in [-0.2, -0.15) is 13.2 Å². The van der Waals surface area contributed by atoms with Crippen molar-refractivity contribution in [1.29, 1.82) is 0 Å². The molecule has 3 aliphatic heterocycles. The van der Waals surface area contributed by atoms with Crippen molar-refractivity contribution in [2.75, 3.05) is 23.3 Å². The molecule has 1 spiro atoms. The van der Waals surface area contributed by atoms with Gasteiger partial charge < -0.3 is 15.3 Å². The Bertz CT molecular complexity index is 1630. The summed E-state index contributed by atoms with van der Waals surface area (Å²) in [6.07, 6.45) is -5.89. The number of halogens is 6. The Labute approximate surface area is 246 Å². The number of carboxylic acids is 1. The highest BCUT2D eigenvalue weighted by molar-refractivity contribution is 6.31. The smallest absolute Gasteiger partial charge is 0.390 e. The molecule has 42 heavy (non-hydrogen) atoms. The number of carboxylic acid groups (broad SMARTS) is 1. The van der Waals surface area contributed by atoms with E-state index in [1.165, 1.54) is 70.5 Å². The van der Waals surface area contributed by atoms with Crippen LogP contribution in [0.1, 0.15) is 33.8 Å². The molecule has 0 saturated carbocycles. The number of likely N-dealkylation sites (tertiary alicyclic amines) is 1. The Kier molecular flexibility index (Phi) is 6.75. The second-order valence-corrected chi connectivity index (χ2v) is 11.3. The van der Waals surface area contributed by atoms with Crippen LogP contribution in [0, 0.1) is 11.7 Å². The zero-order chi connectivity index (χ0) is 30.1. The third kappa shape index (κ3) is 4.25. The van der Waals surface area contributed by atoms with Crippen molar-refractivity contribution in [3.05, 3.63) is 93.2 Å². The van der Waals surface area contributed by atoms with Gasteiger partial charge in [-0.1, -0.05) is 41.4 Å². The number of benzene rings is 3. The van der Waals surface area contributed by atoms with Gasteiger partial charge in [-0.25, -0.2) is 9.18 Å². The monoisotopic (exact) mass is 621 g/mol. The van der Waals surface area contributed by atoms with Gasteiger partial charge in [0, 0.05) is 47.0 Å². The third-order valence-corrected chi connectivity index (χ3v) is 8.89. The van der Waals surface area contributed by atoms with Gasteiger partial charge in [-0.05, 0) is 48.0 Å². The van der Waals surface area contributed by atoms with E-state index < -0.39 is 66.2 Å². The van der Waals surface area contributed by atoms with Crippen molar-refractivity contribution in [3.8, 4) is 0 Å². The highest BCUT2D eigenvalue weighted by atomic mass is 35.5. The van der Waals surface area contributed by atoms with Crippen LogP contribution >= 0.6 is 23.2 Å². The van der Waals surface area contributed by atoms with E-state index in [2.05, 4.69) is 5.32 Å². The first-order valence-electron chi connectivity index (χ1n) is 12.9. The number of rotatable bonds is 5. The van der Waals surface area contributed by atoms with E-state index in [9.17, 15) is 32.7 Å². The van der Waals surface area contributed by atoms with E-state index in [1.807, 2.05) is 0 Å². The van der Waals surface area contributed by atoms with Crippen LogP contribution in [0.3, 0.4) is 0 Å². The number of nitrogens with zero attached hydrogens (tertiary/aromatic N) is 2. The predicted octanol–water partition coefficient (Wildman–Crippen LogP) is 6.06. The van der Waals surface area contributed by atoms with E-state index in [4.69, 9.17) is 23.2 Å². The fourth-order valence-electron chi connectivity index (χ4n) is 6.76. The van der Waals surface area contributed by atoms with Gasteiger partial charge in [0.1, 0.15) is 11.4 Å². The van der Waals surface area contributed by atoms with Crippen LogP contribution in [0.4, 0.5) is 28.9 Å². The van der Waals surface area contributed by atoms with E-state index >= 15 is 4.39 Å². The average Bonchev–Trinajstić information content (AvgIpc) is 3.51. The first-order chi connectivity index (χ1) is 19.8. The van der Waals surface area contributed by atoms with Crippen molar-refractivity contribution >= 4 is 52.4 Å². The molecule has 2 amide bonds. The maximum absolute atomic E-state index is 15.8. The molecular formula is C29H21Cl2F4N3O4. The molecule has 0 unspecified atom stereocenters. The molecule has 2 N–H and O–H groups in total. The molecule has 3 heterocycles. The molecule has 7 nitrogen and oxygen atoms in total. The second kappa shape index (κ2) is 9.96. The number of nitrogens with one attached hydrogen (secondary N) is 1. The number of carbonyl (C=O) groups excluding carboxylic acids is 2. The van der Waals surface area contributed by atoms with E-state index in [0.29, 0.717) is 5.69 Å². The lowest BCUT2D eigenvalue weighted by atomic mass is 9.71. The molecule has 3 aromatic rings. The van der Waals surface area contributed by atoms with Gasteiger partial charge in [-0.3, -0.25) is 14.5 Å². The molecule has 6 rings (SSSR count). The Morgan fingerprint density at radius 3 is 2.45 bits per heavy atom. The standard InChI is InChI=1S/C29H21Cl2F4N3O4/c30-15-6-9-18-20(12-15)36-27(42)29(18)23(17-2-1-3-19(31)24(17)32)22-21(38(29)11-10-28(33,34)35)13-37(25(22)39)16-7-4-14(5-8-16)26(40)41/h1-9,12,21-23H,10-11,13H2,(H,36,42)(H,40,41)/t21-,22+,23-,29+/m0/s1. The van der Waals surface area contributed by atoms with Gasteiger partial charge in [-0.15, -0.1) is 0 Å². The summed E-state index contributed by atoms with van der Waals surface area (Å²) in [4.78, 5) is 42.3. The molecular weight excluding hydrogens is 601 g/mol. The van der Waals surface area contributed by atoms with Crippen LogP contribution in [0.2, 0.25) is 10.0 Å². The number of carbonyl (C=O) groups is 3. The normalized spacial score (nSPS) is 25.2. The molecule has 4 atom stereocenters. The highest BCUT2D eigenvalue weighted by Crippen LogP contribution is 2.62. The summed E-state index contributed by atoms with van der Waals surface area (Å²) in [6, 6.07) is 13.1. The largest absolute Gasteiger partial charge is 0.478 e. The summed E-state index contributed by atoms with van der Waals surface area (Å²) >= 11 is 12.3. The minimum atomic E-state index is -4.59. The van der Waals surface area contributed by atoms with Gasteiger partial charge in [0.2, 0.25) is 11.8 Å². The van der Waals surface area contributed by atoms with E-state index in [0.717, 1.165) is 0 Å². The minimum Gasteiger partial charge on any atom is -0.478 e. The summed E-state index contributed by atoms with van der Waals surface area (Å²) in [7, 11) is 0. The average molecular weight is 622 g/mol. The van der Waals surface area contributed by atoms with E-state index in [1.54, 1.807) is 0 Å². The number of hydrogen-bond donors (Lipinski definition) is 2. The molecule has 3 aliphatic rings. The molecule has 3 aromatic carbocycles. The van der Waals surface area contributed by atoms with Gasteiger partial charge >= 0.3 is 12.1 Å². The number of alkyl halides is 3. The first-order valence-corrected chi connectivity index (χ1v) is 13.6. The van der Waals surface area contributed by atoms with Crippen LogP contribution in [0.5, 0.6) is 0 Å². The lowest BCUT2D eigenvalue weighted by Gasteiger charge is -2.41. The minimum absolute atomic E-state index is 0.0203. The molecule has 0 aromatic heterocycles. The molecule has 218 valence electrons. The summed E-state index contributed by atoms with van der Waals surface area (Å²) in [5, 5.41) is 12.0. The van der Waals surface area contributed by atoms with Crippen molar-refractivity contribution in [2.45, 2.75) is 30.1 Å². The van der Waals surface area contributed by atoms with Crippen LogP contribution in [0.15, 0.2) is 60.7 Å². The zero-order valence-electron chi connectivity index (χ0n) is 21.5. The SMILES string of the molecule is O=C(O)c1ccc(N2C[C@H]3[C@@H](C2=O)[C@H](c2cccc(Cl)c2F)[C@]2(C(=O)Nc4cc(Cl)ccc42)N3CCC(F)(F)F)cc1. The van der Waals surface area contributed by atoms with E-state index in [-0.39, 0.29) is 39.0 Å². The zero-order valence-corrected chi connectivity index (χ0v) is 23.0. The molecule has 13 heteroatoms. The van der Waals surface area contributed by atoms with Crippen LogP contribution in [-0.4, -0.2) is 53.1 Å². The molecule has 0 radical (unpaired) electrons. The molecule has 0 aliphatic carbocycles. The van der Waals surface area contributed by atoms with Crippen molar-refractivity contribution in [3.63, 3.8) is 0 Å². The lowest BCUT2D eigenvalue weighted by molar-refractivity contribution is -0.146. The molecule has 2 saturated heterocycles. The Hall–Kier alpha value is -3.67. The number of fused-ring (bicyclic) bond motifs is 3. The number of aromatic carboxylic acids is 1. The topological polar surface area (TPSA) is 90.0 Å². The fraction of sp³-hybridized carbons (Fsp3) is 0.276. The van der Waals surface area contributed by atoms with Crippen molar-refractivity contribution in [2.24, 2.45) is 5.92 Å². The second-order valence-electron chi connectivity index (χ2n) is 10.5. The first kappa shape index (κ1) is 28.4. The van der Waals surface area contributed by atoms with Crippen LogP contribution < -0.4 is 10.2 Å². The maximum atomic E-state index is 15.8. The Morgan fingerprint density at radius 2 is 1.79 bits per heavy atom.